The summed E-state index contributed by atoms with van der Waals surface area (Å²) in [5.74, 6) is -0.866. The van der Waals surface area contributed by atoms with Crippen LogP contribution < -0.4 is 19.7 Å². The number of hydrogen-bond acceptors (Lipinski definition) is 6. The van der Waals surface area contributed by atoms with E-state index in [2.05, 4.69) is 15.6 Å². The topological polar surface area (TPSA) is 98.6 Å². The van der Waals surface area contributed by atoms with Gasteiger partial charge >= 0.3 is 0 Å². The lowest BCUT2D eigenvalue weighted by molar-refractivity contribution is -0.128. The summed E-state index contributed by atoms with van der Waals surface area (Å²) in [7, 11) is 2.98. The number of carbonyl (C=O) groups excluding carboxylic acids is 2. The second-order valence-electron chi connectivity index (χ2n) is 9.69. The summed E-state index contributed by atoms with van der Waals surface area (Å²) in [5, 5.41) is 11.3. The third-order valence-corrected chi connectivity index (χ3v) is 6.66. The van der Waals surface area contributed by atoms with Crippen LogP contribution in [0, 0.1) is 5.82 Å². The summed E-state index contributed by atoms with van der Waals surface area (Å²) < 4.78 is 27.6. The minimum absolute atomic E-state index is 0.0452. The highest BCUT2D eigenvalue weighted by atomic mass is 19.1. The van der Waals surface area contributed by atoms with Gasteiger partial charge in [-0.1, -0.05) is 42.5 Å². The molecule has 10 heteroatoms. The molecule has 39 heavy (non-hydrogen) atoms. The monoisotopic (exact) mass is 533 g/mol. The van der Waals surface area contributed by atoms with E-state index < -0.39 is 29.2 Å². The quantitative estimate of drug-likeness (QED) is 0.318. The van der Waals surface area contributed by atoms with Crippen molar-refractivity contribution in [2.45, 2.75) is 45.3 Å². The molecule has 1 atom stereocenters. The van der Waals surface area contributed by atoms with Crippen LogP contribution in [0.1, 0.15) is 38.8 Å². The maximum absolute atomic E-state index is 15.3. The second-order valence-corrected chi connectivity index (χ2v) is 9.69. The van der Waals surface area contributed by atoms with E-state index in [-0.39, 0.29) is 12.2 Å². The fourth-order valence-electron chi connectivity index (χ4n) is 4.23. The van der Waals surface area contributed by atoms with Crippen LogP contribution in [0.2, 0.25) is 0 Å². The first-order valence-corrected chi connectivity index (χ1v) is 12.6. The van der Waals surface area contributed by atoms with Crippen LogP contribution in [0.3, 0.4) is 0 Å². The van der Waals surface area contributed by atoms with Gasteiger partial charge in [0.15, 0.2) is 11.5 Å². The van der Waals surface area contributed by atoms with Gasteiger partial charge in [-0.2, -0.15) is 0 Å². The van der Waals surface area contributed by atoms with Gasteiger partial charge in [0, 0.05) is 5.54 Å². The Morgan fingerprint density at radius 2 is 1.72 bits per heavy atom. The van der Waals surface area contributed by atoms with Gasteiger partial charge in [-0.15, -0.1) is 5.10 Å². The van der Waals surface area contributed by atoms with E-state index in [0.29, 0.717) is 34.5 Å². The lowest BCUT2D eigenvalue weighted by Crippen LogP contribution is -2.51. The SMILES string of the molecule is CCC(C)(C)NC(=O)C(c1ccc(OC)c(OC)c1)N(C(=O)Cn1nnc2ccccc21)c1ccccc1F. The largest absolute Gasteiger partial charge is 0.493 e. The van der Waals surface area contributed by atoms with E-state index in [1.165, 1.54) is 42.0 Å². The first-order valence-electron chi connectivity index (χ1n) is 12.6. The van der Waals surface area contributed by atoms with E-state index in [4.69, 9.17) is 9.47 Å². The Hall–Kier alpha value is -4.47. The van der Waals surface area contributed by atoms with Gasteiger partial charge < -0.3 is 14.8 Å². The number of para-hydroxylation sites is 2. The maximum atomic E-state index is 15.3. The van der Waals surface area contributed by atoms with Gasteiger partial charge in [0.25, 0.3) is 0 Å². The van der Waals surface area contributed by atoms with Crippen LogP contribution in [0.5, 0.6) is 11.5 Å². The van der Waals surface area contributed by atoms with Crippen molar-refractivity contribution in [3.8, 4) is 11.5 Å². The molecule has 0 bridgehead atoms. The summed E-state index contributed by atoms with van der Waals surface area (Å²) in [5.41, 5.74) is 1.03. The first-order chi connectivity index (χ1) is 18.7. The number of anilines is 1. The molecule has 3 aromatic carbocycles. The lowest BCUT2D eigenvalue weighted by Gasteiger charge is -2.35. The summed E-state index contributed by atoms with van der Waals surface area (Å²) in [6.45, 7) is 5.44. The first kappa shape index (κ1) is 27.6. The Bertz CT molecular complexity index is 1490. The molecule has 1 heterocycles. The predicted octanol–water partition coefficient (Wildman–Crippen LogP) is 4.67. The maximum Gasteiger partial charge on any atom is 0.249 e. The van der Waals surface area contributed by atoms with Crippen molar-refractivity contribution in [1.29, 1.82) is 0 Å². The van der Waals surface area contributed by atoms with Crippen molar-refractivity contribution in [3.05, 3.63) is 78.1 Å². The zero-order valence-electron chi connectivity index (χ0n) is 22.6. The highest BCUT2D eigenvalue weighted by Crippen LogP contribution is 2.36. The molecule has 0 aliphatic heterocycles. The third kappa shape index (κ3) is 5.84. The summed E-state index contributed by atoms with van der Waals surface area (Å²) in [6, 6.07) is 16.8. The fourth-order valence-corrected chi connectivity index (χ4v) is 4.23. The average Bonchev–Trinajstić information content (AvgIpc) is 3.34. The number of fused-ring (bicyclic) bond motifs is 1. The Morgan fingerprint density at radius 1 is 1.03 bits per heavy atom. The van der Waals surface area contributed by atoms with Gasteiger partial charge in [0.2, 0.25) is 11.8 Å². The number of benzene rings is 3. The molecule has 1 unspecified atom stereocenters. The molecule has 0 fully saturated rings. The molecule has 0 aliphatic carbocycles. The number of aromatic nitrogens is 3. The molecule has 4 rings (SSSR count). The predicted molar refractivity (Wildman–Crippen MR) is 146 cm³/mol. The van der Waals surface area contributed by atoms with Crippen molar-refractivity contribution in [2.75, 3.05) is 19.1 Å². The van der Waals surface area contributed by atoms with E-state index in [0.717, 1.165) is 0 Å². The van der Waals surface area contributed by atoms with Crippen molar-refractivity contribution >= 4 is 28.5 Å². The van der Waals surface area contributed by atoms with Gasteiger partial charge in [0.05, 0.1) is 25.4 Å². The van der Waals surface area contributed by atoms with Crippen LogP contribution in [0.15, 0.2) is 66.7 Å². The molecule has 0 saturated carbocycles. The normalized spacial score (nSPS) is 12.2. The number of nitrogens with one attached hydrogen (secondary N) is 1. The van der Waals surface area contributed by atoms with Crippen molar-refractivity contribution in [2.24, 2.45) is 0 Å². The molecule has 0 saturated heterocycles. The molecule has 1 aromatic heterocycles. The summed E-state index contributed by atoms with van der Waals surface area (Å²) >= 11 is 0. The Kier molecular flexibility index (Phi) is 8.13. The zero-order valence-corrected chi connectivity index (χ0v) is 22.6. The Morgan fingerprint density at radius 3 is 2.41 bits per heavy atom. The average molecular weight is 534 g/mol. The fraction of sp³-hybridized carbons (Fsp3) is 0.310. The van der Waals surface area contributed by atoms with Crippen LogP contribution >= 0.6 is 0 Å². The smallest absolute Gasteiger partial charge is 0.249 e. The van der Waals surface area contributed by atoms with E-state index >= 15 is 4.39 Å². The molecule has 0 aliphatic rings. The standard InChI is InChI=1S/C29H32FN5O4/c1-6-29(2,3)31-28(37)27(19-15-16-24(38-4)25(17-19)39-5)35(22-13-9-7-11-20(22)30)26(36)18-34-23-14-10-8-12-21(23)32-33-34/h7-17,27H,6,18H2,1-5H3,(H,31,37). The summed E-state index contributed by atoms with van der Waals surface area (Å²) in [4.78, 5) is 29.2. The van der Waals surface area contributed by atoms with Crippen LogP contribution in [-0.4, -0.2) is 46.6 Å². The van der Waals surface area contributed by atoms with Crippen molar-refractivity contribution < 1.29 is 23.5 Å². The number of methoxy groups -OCH3 is 2. The second kappa shape index (κ2) is 11.5. The van der Waals surface area contributed by atoms with E-state index in [1.54, 1.807) is 36.4 Å². The number of ether oxygens (including phenoxy) is 2. The molecular weight excluding hydrogens is 501 g/mol. The number of amides is 2. The molecule has 1 N–H and O–H groups in total. The van der Waals surface area contributed by atoms with Crippen molar-refractivity contribution in [3.63, 3.8) is 0 Å². The van der Waals surface area contributed by atoms with Crippen LogP contribution in [-0.2, 0) is 16.1 Å². The van der Waals surface area contributed by atoms with Crippen LogP contribution in [0.4, 0.5) is 10.1 Å². The van der Waals surface area contributed by atoms with E-state index in [1.807, 2.05) is 32.9 Å². The minimum atomic E-state index is -1.24. The van der Waals surface area contributed by atoms with Gasteiger partial charge in [0.1, 0.15) is 23.9 Å². The highest BCUT2D eigenvalue weighted by molar-refractivity contribution is 6.02. The number of nitrogens with zero attached hydrogens (tertiary/aromatic N) is 4. The molecular formula is C29H32FN5O4. The van der Waals surface area contributed by atoms with Gasteiger partial charge in [-0.3, -0.25) is 14.5 Å². The molecule has 0 radical (unpaired) electrons. The zero-order chi connectivity index (χ0) is 28.2. The van der Waals surface area contributed by atoms with E-state index in [9.17, 15) is 9.59 Å². The highest BCUT2D eigenvalue weighted by Gasteiger charge is 2.37. The number of rotatable bonds is 10. The molecule has 0 spiro atoms. The lowest BCUT2D eigenvalue weighted by atomic mass is 9.97. The molecule has 204 valence electrons. The minimum Gasteiger partial charge on any atom is -0.493 e. The Labute approximate surface area is 226 Å². The molecule has 9 nitrogen and oxygen atoms in total. The van der Waals surface area contributed by atoms with Gasteiger partial charge in [-0.25, -0.2) is 9.07 Å². The Balaban J connectivity index is 1.88. The van der Waals surface area contributed by atoms with Crippen molar-refractivity contribution in [1.82, 2.24) is 20.3 Å². The number of carbonyl (C=O) groups is 2. The molecule has 2 amide bonds. The summed E-state index contributed by atoms with van der Waals surface area (Å²) in [6.07, 6.45) is 0.635. The molecule has 4 aromatic rings. The number of hydrogen-bond donors (Lipinski definition) is 1. The third-order valence-electron chi connectivity index (χ3n) is 6.66. The van der Waals surface area contributed by atoms with Crippen LogP contribution in [0.25, 0.3) is 11.0 Å². The number of halogens is 1. The van der Waals surface area contributed by atoms with Gasteiger partial charge in [-0.05, 0) is 62.2 Å².